The molecule has 0 bridgehead atoms. The Balaban J connectivity index is 1.29. The normalized spacial score (nSPS) is 17.9. The van der Waals surface area contributed by atoms with Crippen molar-refractivity contribution in [1.29, 1.82) is 0 Å². The molecule has 25 heavy (non-hydrogen) atoms. The molecule has 0 radical (unpaired) electrons. The second-order valence-corrected chi connectivity index (χ2v) is 7.32. The molecule has 1 saturated heterocycles. The van der Waals surface area contributed by atoms with Gasteiger partial charge in [-0.05, 0) is 12.8 Å². The predicted molar refractivity (Wildman–Crippen MR) is 95.7 cm³/mol. The van der Waals surface area contributed by atoms with Gasteiger partial charge in [0.05, 0.1) is 6.54 Å². The maximum atomic E-state index is 12.4. The van der Waals surface area contributed by atoms with Crippen molar-refractivity contribution in [3.05, 3.63) is 23.2 Å². The van der Waals surface area contributed by atoms with E-state index in [1.165, 1.54) is 12.8 Å². The number of hydrogen-bond acceptors (Lipinski definition) is 6. The number of amides is 2. The smallest absolute Gasteiger partial charge is 0.317 e. The van der Waals surface area contributed by atoms with Crippen LogP contribution in [0.15, 0.2) is 11.6 Å². The SMILES string of the molecule is O=C(NCc1nnc2n1CCCCC2)N1CCN(c2nccs2)CC1. The molecule has 0 spiro atoms. The van der Waals surface area contributed by atoms with Gasteiger partial charge in [0, 0.05) is 50.7 Å². The molecule has 8 nitrogen and oxygen atoms in total. The number of nitrogens with zero attached hydrogens (tertiary/aromatic N) is 6. The van der Waals surface area contributed by atoms with Gasteiger partial charge in [-0.1, -0.05) is 6.42 Å². The van der Waals surface area contributed by atoms with E-state index in [0.29, 0.717) is 19.6 Å². The van der Waals surface area contributed by atoms with E-state index in [9.17, 15) is 4.79 Å². The zero-order valence-electron chi connectivity index (χ0n) is 14.2. The van der Waals surface area contributed by atoms with Gasteiger partial charge in [0.15, 0.2) is 11.0 Å². The van der Waals surface area contributed by atoms with Gasteiger partial charge in [-0.2, -0.15) is 0 Å². The van der Waals surface area contributed by atoms with Gasteiger partial charge in [0.2, 0.25) is 0 Å². The number of anilines is 1. The van der Waals surface area contributed by atoms with E-state index < -0.39 is 0 Å². The standard InChI is InChI=1S/C16H23N7OS/c24-15(21-7-9-22(10-8-21)16-17-5-11-25-16)18-12-14-20-19-13-4-2-1-3-6-23(13)14/h5,11H,1-4,6-10,12H2,(H,18,24). The number of nitrogens with one attached hydrogen (secondary N) is 1. The van der Waals surface area contributed by atoms with E-state index in [1.54, 1.807) is 11.3 Å². The Kier molecular flexibility index (Phi) is 4.82. The van der Waals surface area contributed by atoms with Gasteiger partial charge < -0.3 is 19.7 Å². The van der Waals surface area contributed by atoms with Crippen LogP contribution < -0.4 is 10.2 Å². The molecule has 4 rings (SSSR count). The monoisotopic (exact) mass is 361 g/mol. The minimum atomic E-state index is -0.0234. The first-order chi connectivity index (χ1) is 12.3. The summed E-state index contributed by atoms with van der Waals surface area (Å²) >= 11 is 1.64. The molecular weight excluding hydrogens is 338 g/mol. The molecule has 1 N–H and O–H groups in total. The van der Waals surface area contributed by atoms with Crippen LogP contribution in [0.4, 0.5) is 9.93 Å². The zero-order chi connectivity index (χ0) is 17.1. The summed E-state index contributed by atoms with van der Waals surface area (Å²) in [5, 5.41) is 14.6. The number of carbonyl (C=O) groups excluding carboxylic acids is 1. The van der Waals surface area contributed by atoms with Crippen LogP contribution in [0, 0.1) is 0 Å². The third-order valence-corrected chi connectivity index (χ3v) is 5.67. The largest absolute Gasteiger partial charge is 0.345 e. The maximum Gasteiger partial charge on any atom is 0.317 e. The molecule has 4 heterocycles. The topological polar surface area (TPSA) is 79.2 Å². The van der Waals surface area contributed by atoms with Crippen molar-refractivity contribution in [2.45, 2.75) is 38.8 Å². The van der Waals surface area contributed by atoms with Gasteiger partial charge >= 0.3 is 6.03 Å². The molecule has 2 aromatic rings. The average molecular weight is 361 g/mol. The quantitative estimate of drug-likeness (QED) is 0.896. The molecule has 0 saturated carbocycles. The summed E-state index contributed by atoms with van der Waals surface area (Å²) in [7, 11) is 0. The number of fused-ring (bicyclic) bond motifs is 1. The molecule has 0 unspecified atom stereocenters. The molecule has 0 atom stereocenters. The van der Waals surface area contributed by atoms with Crippen LogP contribution in [-0.4, -0.2) is 56.9 Å². The van der Waals surface area contributed by atoms with Crippen molar-refractivity contribution >= 4 is 22.5 Å². The minimum Gasteiger partial charge on any atom is -0.345 e. The maximum absolute atomic E-state index is 12.4. The molecule has 2 aliphatic heterocycles. The van der Waals surface area contributed by atoms with Crippen LogP contribution in [0.25, 0.3) is 0 Å². The summed E-state index contributed by atoms with van der Waals surface area (Å²) in [6.45, 7) is 4.47. The van der Waals surface area contributed by atoms with Gasteiger partial charge in [0.25, 0.3) is 0 Å². The van der Waals surface area contributed by atoms with E-state index in [0.717, 1.165) is 49.3 Å². The van der Waals surface area contributed by atoms with Crippen molar-refractivity contribution < 1.29 is 4.79 Å². The van der Waals surface area contributed by atoms with Crippen LogP contribution in [0.1, 0.15) is 30.9 Å². The lowest BCUT2D eigenvalue weighted by molar-refractivity contribution is 0.193. The number of aryl methyl sites for hydroxylation is 1. The number of carbonyl (C=O) groups is 1. The van der Waals surface area contributed by atoms with E-state index in [2.05, 4.69) is 30.0 Å². The first-order valence-electron chi connectivity index (χ1n) is 8.89. The molecule has 134 valence electrons. The van der Waals surface area contributed by atoms with E-state index in [4.69, 9.17) is 0 Å². The summed E-state index contributed by atoms with van der Waals surface area (Å²) in [6, 6.07) is -0.0234. The fraction of sp³-hybridized carbons (Fsp3) is 0.625. The third-order valence-electron chi connectivity index (χ3n) is 4.84. The lowest BCUT2D eigenvalue weighted by Crippen LogP contribution is -2.51. The summed E-state index contributed by atoms with van der Waals surface area (Å²) < 4.78 is 2.17. The van der Waals surface area contributed by atoms with Crippen molar-refractivity contribution in [2.75, 3.05) is 31.1 Å². The second kappa shape index (κ2) is 7.38. The van der Waals surface area contributed by atoms with Crippen LogP contribution in [0.5, 0.6) is 0 Å². The van der Waals surface area contributed by atoms with Crippen molar-refractivity contribution in [2.24, 2.45) is 0 Å². The molecule has 2 aliphatic rings. The van der Waals surface area contributed by atoms with Gasteiger partial charge in [-0.25, -0.2) is 9.78 Å². The van der Waals surface area contributed by atoms with Crippen LogP contribution in [0.3, 0.4) is 0 Å². The van der Waals surface area contributed by atoms with Crippen molar-refractivity contribution in [3.63, 3.8) is 0 Å². The molecular formula is C16H23N7OS. The minimum absolute atomic E-state index is 0.0234. The fourth-order valence-electron chi connectivity index (χ4n) is 3.42. The first kappa shape index (κ1) is 16.3. The Morgan fingerprint density at radius 1 is 1.12 bits per heavy atom. The van der Waals surface area contributed by atoms with E-state index in [1.807, 2.05) is 16.5 Å². The van der Waals surface area contributed by atoms with Gasteiger partial charge in [-0.3, -0.25) is 0 Å². The average Bonchev–Trinajstić information content (AvgIpc) is 3.25. The number of thiazole rings is 1. The van der Waals surface area contributed by atoms with E-state index >= 15 is 0 Å². The Morgan fingerprint density at radius 2 is 2.00 bits per heavy atom. The molecule has 9 heteroatoms. The highest BCUT2D eigenvalue weighted by Crippen LogP contribution is 2.19. The molecule has 0 aliphatic carbocycles. The van der Waals surface area contributed by atoms with Crippen molar-refractivity contribution in [1.82, 2.24) is 30.0 Å². The fourth-order valence-corrected chi connectivity index (χ4v) is 4.11. The van der Waals surface area contributed by atoms with Gasteiger partial charge in [0.1, 0.15) is 5.82 Å². The highest BCUT2D eigenvalue weighted by atomic mass is 32.1. The summed E-state index contributed by atoms with van der Waals surface area (Å²) in [5.41, 5.74) is 0. The Labute approximate surface area is 150 Å². The molecule has 2 amide bonds. The molecule has 1 fully saturated rings. The number of aromatic nitrogens is 4. The van der Waals surface area contributed by atoms with Crippen molar-refractivity contribution in [3.8, 4) is 0 Å². The highest BCUT2D eigenvalue weighted by Gasteiger charge is 2.23. The number of rotatable bonds is 3. The van der Waals surface area contributed by atoms with Gasteiger partial charge in [-0.15, -0.1) is 21.5 Å². The number of piperazine rings is 1. The molecule has 0 aromatic carbocycles. The summed E-state index contributed by atoms with van der Waals surface area (Å²) in [4.78, 5) is 20.9. The molecule has 2 aromatic heterocycles. The summed E-state index contributed by atoms with van der Waals surface area (Å²) in [6.07, 6.45) is 6.37. The Morgan fingerprint density at radius 3 is 2.80 bits per heavy atom. The lowest BCUT2D eigenvalue weighted by Gasteiger charge is -2.34. The van der Waals surface area contributed by atoms with Crippen LogP contribution >= 0.6 is 11.3 Å². The highest BCUT2D eigenvalue weighted by molar-refractivity contribution is 7.13. The lowest BCUT2D eigenvalue weighted by atomic mass is 10.2. The third kappa shape index (κ3) is 3.60. The summed E-state index contributed by atoms with van der Waals surface area (Å²) in [5.74, 6) is 1.92. The van der Waals surface area contributed by atoms with E-state index in [-0.39, 0.29) is 6.03 Å². The van der Waals surface area contributed by atoms with Crippen LogP contribution in [-0.2, 0) is 19.5 Å². The second-order valence-electron chi connectivity index (χ2n) is 6.44. The number of urea groups is 1. The number of hydrogen-bond donors (Lipinski definition) is 1. The Hall–Kier alpha value is -2.16. The van der Waals surface area contributed by atoms with Crippen LogP contribution in [0.2, 0.25) is 0 Å². The zero-order valence-corrected chi connectivity index (χ0v) is 15.0. The first-order valence-corrected chi connectivity index (χ1v) is 9.77. The Bertz CT molecular complexity index is 706. The predicted octanol–water partition coefficient (Wildman–Crippen LogP) is 1.49.